The van der Waals surface area contributed by atoms with Crippen LogP contribution in [-0.4, -0.2) is 19.3 Å². The largest absolute Gasteiger partial charge is 0.440 e. The van der Waals surface area contributed by atoms with Gasteiger partial charge in [-0.05, 0) is 30.7 Å². The molecule has 3 rings (SSSR count). The zero-order valence-electron chi connectivity index (χ0n) is 15.1. The summed E-state index contributed by atoms with van der Waals surface area (Å²) in [7, 11) is -3.88. The van der Waals surface area contributed by atoms with E-state index in [2.05, 4.69) is 9.71 Å². The van der Waals surface area contributed by atoms with Crippen LogP contribution in [0.25, 0.3) is 22.6 Å². The first-order valence-corrected chi connectivity index (χ1v) is 10.1. The summed E-state index contributed by atoms with van der Waals surface area (Å²) in [6, 6.07) is 15.8. The van der Waals surface area contributed by atoms with Gasteiger partial charge in [0.1, 0.15) is 5.69 Å². The van der Waals surface area contributed by atoms with Crippen LogP contribution < -0.4 is 4.72 Å². The smallest absolute Gasteiger partial charge is 0.264 e. The number of rotatable bonds is 6. The second-order valence-electron chi connectivity index (χ2n) is 6.08. The molecule has 0 radical (unpaired) electrons. The number of aryl methyl sites for hydroxylation is 1. The van der Waals surface area contributed by atoms with Gasteiger partial charge in [-0.1, -0.05) is 37.3 Å². The number of nitrogens with one attached hydrogen (secondary N) is 1. The van der Waals surface area contributed by atoms with E-state index in [1.165, 1.54) is 12.1 Å². The summed E-state index contributed by atoms with van der Waals surface area (Å²) in [5, 5.41) is 0. The van der Waals surface area contributed by atoms with Crippen molar-refractivity contribution in [3.63, 3.8) is 0 Å². The van der Waals surface area contributed by atoms with Crippen molar-refractivity contribution in [2.45, 2.75) is 31.6 Å². The molecule has 1 amide bonds. The molecule has 1 N–H and O–H groups in total. The summed E-state index contributed by atoms with van der Waals surface area (Å²) in [5.41, 5.74) is 2.31. The van der Waals surface area contributed by atoms with E-state index in [4.69, 9.17) is 4.42 Å². The van der Waals surface area contributed by atoms with Gasteiger partial charge in [0.25, 0.3) is 10.0 Å². The zero-order chi connectivity index (χ0) is 19.4. The minimum absolute atomic E-state index is 0.0215. The van der Waals surface area contributed by atoms with E-state index in [-0.39, 0.29) is 11.3 Å². The number of amides is 1. The molecule has 140 valence electrons. The van der Waals surface area contributed by atoms with Crippen LogP contribution in [0.5, 0.6) is 0 Å². The Morgan fingerprint density at radius 2 is 1.70 bits per heavy atom. The summed E-state index contributed by atoms with van der Waals surface area (Å²) in [5.74, 6) is 0.573. The van der Waals surface area contributed by atoms with Gasteiger partial charge in [0.05, 0.1) is 4.90 Å². The average molecular weight is 384 g/mol. The first-order valence-electron chi connectivity index (χ1n) is 8.59. The third-order valence-corrected chi connectivity index (χ3v) is 5.32. The van der Waals surface area contributed by atoms with Gasteiger partial charge >= 0.3 is 0 Å². The number of aromatic nitrogens is 1. The maximum Gasteiger partial charge on any atom is 0.264 e. The molecule has 2 aromatic carbocycles. The second kappa shape index (κ2) is 7.75. The lowest BCUT2D eigenvalue weighted by Gasteiger charge is -2.07. The Bertz CT molecular complexity index is 1040. The molecule has 0 saturated carbocycles. The number of hydrogen-bond acceptors (Lipinski definition) is 5. The van der Waals surface area contributed by atoms with Crippen molar-refractivity contribution >= 4 is 15.9 Å². The van der Waals surface area contributed by atoms with E-state index in [1.807, 2.05) is 37.3 Å². The van der Waals surface area contributed by atoms with Gasteiger partial charge in [-0.25, -0.2) is 18.1 Å². The Hall–Kier alpha value is -2.93. The van der Waals surface area contributed by atoms with E-state index < -0.39 is 15.9 Å². The molecule has 0 unspecified atom stereocenters. The van der Waals surface area contributed by atoms with Gasteiger partial charge < -0.3 is 4.42 Å². The number of sulfonamides is 1. The molecular formula is C20H20N2O4S. The van der Waals surface area contributed by atoms with E-state index >= 15 is 0 Å². The fourth-order valence-corrected chi connectivity index (χ4v) is 3.70. The molecule has 0 spiro atoms. The molecule has 6 nitrogen and oxygen atoms in total. The lowest BCUT2D eigenvalue weighted by atomic mass is 10.1. The molecular weight excluding hydrogens is 364 g/mol. The quantitative estimate of drug-likeness (QED) is 0.696. The maximum absolute atomic E-state index is 12.3. The van der Waals surface area contributed by atoms with Gasteiger partial charge in [-0.3, -0.25) is 4.79 Å². The molecule has 27 heavy (non-hydrogen) atoms. The Kier molecular flexibility index (Phi) is 5.41. The van der Waals surface area contributed by atoms with Crippen LogP contribution in [0.15, 0.2) is 63.9 Å². The molecule has 0 aliphatic heterocycles. The highest BCUT2D eigenvalue weighted by molar-refractivity contribution is 7.90. The fraction of sp³-hybridized carbons (Fsp3) is 0.200. The third-order valence-electron chi connectivity index (χ3n) is 3.93. The van der Waals surface area contributed by atoms with Crippen molar-refractivity contribution in [2.75, 3.05) is 0 Å². The standard InChI is InChI=1S/C20H20N2O4S/c1-3-7-18(23)22-27(24,25)17-12-10-16(11-13-17)20-19(21-14(2)26-20)15-8-5-4-6-9-15/h4-6,8-13H,3,7H2,1-2H3,(H,22,23). The van der Waals surface area contributed by atoms with Gasteiger partial charge in [-0.15, -0.1) is 0 Å². The summed E-state index contributed by atoms with van der Waals surface area (Å²) >= 11 is 0. The van der Waals surface area contributed by atoms with Crippen molar-refractivity contribution < 1.29 is 17.6 Å². The summed E-state index contributed by atoms with van der Waals surface area (Å²) < 4.78 is 32.4. The Balaban J connectivity index is 1.92. The molecule has 0 aliphatic carbocycles. The first-order chi connectivity index (χ1) is 12.9. The van der Waals surface area contributed by atoms with Crippen LogP contribution in [0, 0.1) is 6.92 Å². The number of nitrogens with zero attached hydrogens (tertiary/aromatic N) is 1. The van der Waals surface area contributed by atoms with Gasteiger partial charge in [0.15, 0.2) is 11.7 Å². The van der Waals surface area contributed by atoms with Crippen LogP contribution >= 0.6 is 0 Å². The minimum Gasteiger partial charge on any atom is -0.440 e. The van der Waals surface area contributed by atoms with Crippen molar-refractivity contribution in [1.82, 2.24) is 9.71 Å². The number of oxazole rings is 1. The van der Waals surface area contributed by atoms with Crippen LogP contribution in [0.2, 0.25) is 0 Å². The highest BCUT2D eigenvalue weighted by Gasteiger charge is 2.19. The molecule has 0 atom stereocenters. The average Bonchev–Trinajstić information content (AvgIpc) is 3.04. The van der Waals surface area contributed by atoms with Gasteiger partial charge in [-0.2, -0.15) is 0 Å². The minimum atomic E-state index is -3.88. The van der Waals surface area contributed by atoms with E-state index in [0.717, 1.165) is 5.56 Å². The van der Waals surface area contributed by atoms with Crippen LogP contribution in [0.4, 0.5) is 0 Å². The lowest BCUT2D eigenvalue weighted by Crippen LogP contribution is -2.30. The summed E-state index contributed by atoms with van der Waals surface area (Å²) in [6.45, 7) is 3.57. The van der Waals surface area contributed by atoms with Crippen LogP contribution in [0.1, 0.15) is 25.7 Å². The Morgan fingerprint density at radius 1 is 1.04 bits per heavy atom. The third kappa shape index (κ3) is 4.25. The topological polar surface area (TPSA) is 89.3 Å². The predicted molar refractivity (Wildman–Crippen MR) is 102 cm³/mol. The van der Waals surface area contributed by atoms with Crippen LogP contribution in [-0.2, 0) is 14.8 Å². The van der Waals surface area contributed by atoms with Crippen molar-refractivity contribution in [3.8, 4) is 22.6 Å². The maximum atomic E-state index is 12.3. The van der Waals surface area contributed by atoms with Crippen molar-refractivity contribution in [2.24, 2.45) is 0 Å². The number of hydrogen-bond donors (Lipinski definition) is 1. The molecule has 0 aliphatic rings. The van der Waals surface area contributed by atoms with Gasteiger partial charge in [0.2, 0.25) is 5.91 Å². The molecule has 7 heteroatoms. The highest BCUT2D eigenvalue weighted by Crippen LogP contribution is 2.32. The normalized spacial score (nSPS) is 11.3. The molecule has 0 saturated heterocycles. The number of carbonyl (C=O) groups is 1. The molecule has 3 aromatic rings. The molecule has 0 fully saturated rings. The molecule has 1 aromatic heterocycles. The van der Waals surface area contributed by atoms with Crippen molar-refractivity contribution in [1.29, 1.82) is 0 Å². The van der Waals surface area contributed by atoms with Gasteiger partial charge in [0, 0.05) is 24.5 Å². The highest BCUT2D eigenvalue weighted by atomic mass is 32.2. The zero-order valence-corrected chi connectivity index (χ0v) is 15.9. The predicted octanol–water partition coefficient (Wildman–Crippen LogP) is 3.92. The molecule has 1 heterocycles. The first kappa shape index (κ1) is 18.8. The second-order valence-corrected chi connectivity index (χ2v) is 7.76. The fourth-order valence-electron chi connectivity index (χ4n) is 2.69. The van der Waals surface area contributed by atoms with Crippen molar-refractivity contribution in [3.05, 3.63) is 60.5 Å². The molecule has 0 bridgehead atoms. The number of carbonyl (C=O) groups excluding carboxylic acids is 1. The van der Waals surface area contributed by atoms with E-state index in [9.17, 15) is 13.2 Å². The Morgan fingerprint density at radius 3 is 2.33 bits per heavy atom. The number of benzene rings is 2. The SMILES string of the molecule is CCCC(=O)NS(=O)(=O)c1ccc(-c2oc(C)nc2-c2ccccc2)cc1. The van der Waals surface area contributed by atoms with E-state index in [0.29, 0.717) is 29.3 Å². The van der Waals surface area contributed by atoms with Crippen LogP contribution in [0.3, 0.4) is 0 Å². The summed E-state index contributed by atoms with van der Waals surface area (Å²) in [4.78, 5) is 16.1. The lowest BCUT2D eigenvalue weighted by molar-refractivity contribution is -0.119. The Labute approximate surface area is 158 Å². The van der Waals surface area contributed by atoms with E-state index in [1.54, 1.807) is 19.1 Å². The summed E-state index contributed by atoms with van der Waals surface area (Å²) in [6.07, 6.45) is 0.739. The monoisotopic (exact) mass is 384 g/mol.